The van der Waals surface area contributed by atoms with Gasteiger partial charge in [0.25, 0.3) is 11.8 Å². The Morgan fingerprint density at radius 1 is 0.972 bits per heavy atom. The van der Waals surface area contributed by atoms with Gasteiger partial charge in [0.05, 0.1) is 17.6 Å². The Morgan fingerprint density at radius 2 is 1.83 bits per heavy atom. The van der Waals surface area contributed by atoms with E-state index in [-0.39, 0.29) is 5.91 Å². The SMILES string of the molecule is Cc1ccc2c(c1)C(=O)N(c1cccc(-c3ccc(C(N)=O)c4[nH]c(-c5cccnc5)cc34)c1C)C2. The van der Waals surface area contributed by atoms with Crippen LogP contribution < -0.4 is 10.6 Å². The topological polar surface area (TPSA) is 92.1 Å². The summed E-state index contributed by atoms with van der Waals surface area (Å²) >= 11 is 0. The van der Waals surface area contributed by atoms with Crippen molar-refractivity contribution >= 4 is 28.4 Å². The summed E-state index contributed by atoms with van der Waals surface area (Å²) in [7, 11) is 0. The predicted molar refractivity (Wildman–Crippen MR) is 142 cm³/mol. The molecule has 1 aliphatic rings. The average Bonchev–Trinajstić information content (AvgIpc) is 3.46. The van der Waals surface area contributed by atoms with E-state index in [1.807, 2.05) is 79.4 Å². The first kappa shape index (κ1) is 21.8. The summed E-state index contributed by atoms with van der Waals surface area (Å²) in [6.07, 6.45) is 3.50. The van der Waals surface area contributed by atoms with Crippen molar-refractivity contribution in [2.24, 2.45) is 5.73 Å². The van der Waals surface area contributed by atoms with Gasteiger partial charge in [-0.15, -0.1) is 0 Å². The normalized spacial score (nSPS) is 12.8. The molecule has 0 unspecified atom stereocenters. The van der Waals surface area contributed by atoms with Gasteiger partial charge < -0.3 is 15.6 Å². The molecule has 0 atom stereocenters. The van der Waals surface area contributed by atoms with Gasteiger partial charge in [0.15, 0.2) is 0 Å². The number of amides is 2. The fourth-order valence-electron chi connectivity index (χ4n) is 5.15. The molecule has 6 heteroatoms. The quantitative estimate of drug-likeness (QED) is 0.348. The molecule has 2 aromatic heterocycles. The van der Waals surface area contributed by atoms with Crippen molar-refractivity contribution in [3.8, 4) is 22.4 Å². The van der Waals surface area contributed by atoms with Gasteiger partial charge in [0.2, 0.25) is 0 Å². The number of carbonyl (C=O) groups excluding carboxylic acids is 2. The summed E-state index contributed by atoms with van der Waals surface area (Å²) in [4.78, 5) is 35.0. The summed E-state index contributed by atoms with van der Waals surface area (Å²) in [5.74, 6) is -0.476. The van der Waals surface area contributed by atoms with E-state index < -0.39 is 5.91 Å². The Kier molecular flexibility index (Phi) is 4.97. The van der Waals surface area contributed by atoms with Crippen LogP contribution in [-0.2, 0) is 6.54 Å². The van der Waals surface area contributed by atoms with Crippen molar-refractivity contribution < 1.29 is 9.59 Å². The van der Waals surface area contributed by atoms with E-state index in [4.69, 9.17) is 5.73 Å². The molecule has 6 nitrogen and oxygen atoms in total. The van der Waals surface area contributed by atoms with Crippen LogP contribution in [-0.4, -0.2) is 21.8 Å². The van der Waals surface area contributed by atoms with Gasteiger partial charge in [0, 0.05) is 40.3 Å². The largest absolute Gasteiger partial charge is 0.366 e. The number of nitrogens with two attached hydrogens (primary N) is 1. The summed E-state index contributed by atoms with van der Waals surface area (Å²) in [5.41, 5.74) is 15.3. The molecule has 0 bridgehead atoms. The number of nitrogens with zero attached hydrogens (tertiary/aromatic N) is 2. The minimum Gasteiger partial charge on any atom is -0.366 e. The van der Waals surface area contributed by atoms with Gasteiger partial charge in [-0.3, -0.25) is 14.6 Å². The number of benzene rings is 3. The molecule has 0 spiro atoms. The molecule has 0 saturated carbocycles. The minimum absolute atomic E-state index is 0.0173. The Balaban J connectivity index is 1.50. The van der Waals surface area contributed by atoms with E-state index in [0.29, 0.717) is 17.6 Å². The number of nitrogens with one attached hydrogen (secondary N) is 1. The van der Waals surface area contributed by atoms with Gasteiger partial charge in [-0.05, 0) is 72.5 Å². The number of hydrogen-bond donors (Lipinski definition) is 2. The Bertz CT molecular complexity index is 1680. The fourth-order valence-corrected chi connectivity index (χ4v) is 5.15. The van der Waals surface area contributed by atoms with Crippen LogP contribution >= 0.6 is 0 Å². The number of H-pyrrole nitrogens is 1. The third-order valence-electron chi connectivity index (χ3n) is 6.99. The number of aromatic nitrogens is 2. The number of primary amides is 1. The van der Waals surface area contributed by atoms with Crippen molar-refractivity contribution in [3.05, 3.63) is 107 Å². The molecule has 176 valence electrons. The van der Waals surface area contributed by atoms with Gasteiger partial charge in [-0.1, -0.05) is 35.9 Å². The van der Waals surface area contributed by atoms with Crippen LogP contribution in [0.3, 0.4) is 0 Å². The predicted octanol–water partition coefficient (Wildman–Crippen LogP) is 5.77. The molecule has 0 radical (unpaired) electrons. The zero-order valence-corrected chi connectivity index (χ0v) is 20.0. The second kappa shape index (κ2) is 8.20. The molecule has 3 heterocycles. The van der Waals surface area contributed by atoms with Crippen LogP contribution in [0.25, 0.3) is 33.3 Å². The van der Waals surface area contributed by atoms with E-state index in [9.17, 15) is 9.59 Å². The molecule has 0 saturated heterocycles. The third-order valence-corrected chi connectivity index (χ3v) is 6.99. The lowest BCUT2D eigenvalue weighted by Crippen LogP contribution is -2.24. The van der Waals surface area contributed by atoms with Crippen LogP contribution in [0.1, 0.15) is 37.4 Å². The highest BCUT2D eigenvalue weighted by Gasteiger charge is 2.30. The molecular formula is C30H24N4O2. The molecule has 3 aromatic carbocycles. The maximum Gasteiger partial charge on any atom is 0.258 e. The molecule has 3 N–H and O–H groups in total. The number of aryl methyl sites for hydroxylation is 1. The molecule has 36 heavy (non-hydrogen) atoms. The third kappa shape index (κ3) is 3.38. The van der Waals surface area contributed by atoms with Crippen molar-refractivity contribution in [2.75, 3.05) is 4.90 Å². The molecular weight excluding hydrogens is 448 g/mol. The van der Waals surface area contributed by atoms with E-state index in [1.165, 1.54) is 0 Å². The molecule has 2 amide bonds. The highest BCUT2D eigenvalue weighted by Crippen LogP contribution is 2.39. The zero-order valence-electron chi connectivity index (χ0n) is 20.0. The zero-order chi connectivity index (χ0) is 25.0. The molecule has 5 aromatic rings. The molecule has 1 aliphatic heterocycles. The lowest BCUT2D eigenvalue weighted by molar-refractivity contribution is 0.0990. The number of fused-ring (bicyclic) bond motifs is 2. The van der Waals surface area contributed by atoms with E-state index in [2.05, 4.69) is 9.97 Å². The standard InChI is InChI=1S/C30H24N4O2/c1-17-8-9-20-16-34(30(36)24(20)13-17)27-7-3-6-21(18(27)2)22-10-11-23(29(31)35)28-25(22)14-26(33-28)19-5-4-12-32-15-19/h3-15,33H,16H2,1-2H3,(H2,31,35). The maximum atomic E-state index is 13.3. The van der Waals surface area contributed by atoms with Gasteiger partial charge in [0.1, 0.15) is 0 Å². The van der Waals surface area contributed by atoms with E-state index in [1.54, 1.807) is 18.5 Å². The number of anilines is 1. The summed E-state index contributed by atoms with van der Waals surface area (Å²) in [6, 6.07) is 21.6. The van der Waals surface area contributed by atoms with Crippen LogP contribution in [0.2, 0.25) is 0 Å². The number of rotatable bonds is 4. The Morgan fingerprint density at radius 3 is 2.61 bits per heavy atom. The lowest BCUT2D eigenvalue weighted by Gasteiger charge is -2.21. The van der Waals surface area contributed by atoms with Crippen molar-refractivity contribution in [1.29, 1.82) is 0 Å². The van der Waals surface area contributed by atoms with Crippen LogP contribution in [0.4, 0.5) is 5.69 Å². The van der Waals surface area contributed by atoms with Gasteiger partial charge in [-0.25, -0.2) is 0 Å². The first-order chi connectivity index (χ1) is 17.4. The highest BCUT2D eigenvalue weighted by molar-refractivity contribution is 6.13. The number of pyridine rings is 1. The van der Waals surface area contributed by atoms with Gasteiger partial charge >= 0.3 is 0 Å². The first-order valence-electron chi connectivity index (χ1n) is 11.8. The van der Waals surface area contributed by atoms with E-state index >= 15 is 0 Å². The van der Waals surface area contributed by atoms with Crippen LogP contribution in [0, 0.1) is 13.8 Å². The Labute approximate surface area is 208 Å². The second-order valence-electron chi connectivity index (χ2n) is 9.24. The highest BCUT2D eigenvalue weighted by atomic mass is 16.2. The molecule has 0 fully saturated rings. The smallest absolute Gasteiger partial charge is 0.258 e. The van der Waals surface area contributed by atoms with Crippen LogP contribution in [0.5, 0.6) is 0 Å². The van der Waals surface area contributed by atoms with Crippen LogP contribution in [0.15, 0.2) is 79.1 Å². The fraction of sp³-hybridized carbons (Fsp3) is 0.100. The number of aromatic amines is 1. The average molecular weight is 473 g/mol. The molecule has 6 rings (SSSR count). The monoisotopic (exact) mass is 472 g/mol. The summed E-state index contributed by atoms with van der Waals surface area (Å²) in [5, 5.41) is 0.886. The molecule has 0 aliphatic carbocycles. The lowest BCUT2D eigenvalue weighted by atomic mass is 9.94. The second-order valence-corrected chi connectivity index (χ2v) is 9.24. The van der Waals surface area contributed by atoms with Gasteiger partial charge in [-0.2, -0.15) is 0 Å². The van der Waals surface area contributed by atoms with Crippen molar-refractivity contribution in [3.63, 3.8) is 0 Å². The summed E-state index contributed by atoms with van der Waals surface area (Å²) in [6.45, 7) is 4.58. The first-order valence-corrected chi connectivity index (χ1v) is 11.8. The summed E-state index contributed by atoms with van der Waals surface area (Å²) < 4.78 is 0. The minimum atomic E-state index is -0.493. The number of carbonyl (C=O) groups is 2. The van der Waals surface area contributed by atoms with E-state index in [0.717, 1.165) is 55.7 Å². The van der Waals surface area contributed by atoms with Crippen molar-refractivity contribution in [1.82, 2.24) is 9.97 Å². The number of hydrogen-bond acceptors (Lipinski definition) is 3. The maximum absolute atomic E-state index is 13.3. The Hall–Kier alpha value is -4.71. The van der Waals surface area contributed by atoms with Crippen molar-refractivity contribution in [2.45, 2.75) is 20.4 Å².